The molecule has 0 radical (unpaired) electrons. The molecule has 2 N–H and O–H groups in total. The lowest BCUT2D eigenvalue weighted by atomic mass is 9.86. The average molecular weight is 246 g/mol. The largest absolute Gasteiger partial charge is 0.317 e. The van der Waals surface area contributed by atoms with Gasteiger partial charge in [-0.1, -0.05) is 6.42 Å². The van der Waals surface area contributed by atoms with Crippen LogP contribution in [0.1, 0.15) is 32.1 Å². The molecule has 16 heavy (non-hydrogen) atoms. The molecular formula is C11H22N2O2S. The van der Waals surface area contributed by atoms with Crippen molar-refractivity contribution in [3.8, 4) is 0 Å². The molecule has 0 unspecified atom stereocenters. The quantitative estimate of drug-likeness (QED) is 0.751. The molecule has 2 rings (SSSR count). The maximum atomic E-state index is 11.8. The third-order valence-corrected chi connectivity index (χ3v) is 5.25. The van der Waals surface area contributed by atoms with Gasteiger partial charge in [-0.15, -0.1) is 0 Å². The van der Waals surface area contributed by atoms with Gasteiger partial charge in [-0.25, -0.2) is 13.1 Å². The molecule has 1 heterocycles. The second kappa shape index (κ2) is 5.47. The zero-order valence-electron chi connectivity index (χ0n) is 9.74. The maximum absolute atomic E-state index is 11.8. The van der Waals surface area contributed by atoms with Gasteiger partial charge < -0.3 is 5.32 Å². The summed E-state index contributed by atoms with van der Waals surface area (Å²) in [5.74, 6) is 1.27. The number of hydrogen-bond acceptors (Lipinski definition) is 3. The molecule has 2 aliphatic rings. The fraction of sp³-hybridized carbons (Fsp3) is 1.00. The summed E-state index contributed by atoms with van der Waals surface area (Å²) in [5.41, 5.74) is 0. The number of nitrogens with one attached hydrogen (secondary N) is 2. The molecule has 0 aromatic heterocycles. The third kappa shape index (κ3) is 3.71. The van der Waals surface area contributed by atoms with Gasteiger partial charge in [-0.3, -0.25) is 0 Å². The first kappa shape index (κ1) is 12.3. The van der Waals surface area contributed by atoms with Crippen molar-refractivity contribution in [1.29, 1.82) is 0 Å². The van der Waals surface area contributed by atoms with Crippen molar-refractivity contribution in [2.75, 3.05) is 25.4 Å². The first-order valence-electron chi connectivity index (χ1n) is 6.34. The summed E-state index contributed by atoms with van der Waals surface area (Å²) in [6.45, 7) is 2.58. The van der Waals surface area contributed by atoms with Crippen molar-refractivity contribution in [3.63, 3.8) is 0 Å². The molecule has 1 aliphatic heterocycles. The average Bonchev–Trinajstić information content (AvgIpc) is 2.15. The molecule has 0 spiro atoms. The minimum atomic E-state index is -3.03. The monoisotopic (exact) mass is 246 g/mol. The summed E-state index contributed by atoms with van der Waals surface area (Å²) in [4.78, 5) is 0. The zero-order valence-corrected chi connectivity index (χ0v) is 10.6. The predicted octanol–water partition coefficient (Wildman–Crippen LogP) is 0.705. The Balaban J connectivity index is 1.72. The molecule has 4 nitrogen and oxygen atoms in total. The molecule has 2 fully saturated rings. The topological polar surface area (TPSA) is 58.2 Å². The van der Waals surface area contributed by atoms with Gasteiger partial charge in [0.2, 0.25) is 10.0 Å². The summed E-state index contributed by atoms with van der Waals surface area (Å²) in [6, 6.07) is 0. The van der Waals surface area contributed by atoms with Gasteiger partial charge in [-0.2, -0.15) is 0 Å². The summed E-state index contributed by atoms with van der Waals surface area (Å²) in [6.07, 6.45) is 5.63. The van der Waals surface area contributed by atoms with Gasteiger partial charge >= 0.3 is 0 Å². The summed E-state index contributed by atoms with van der Waals surface area (Å²) in [5, 5.41) is 3.25. The Morgan fingerprint density at radius 1 is 1.06 bits per heavy atom. The Bertz CT molecular complexity index is 306. The highest BCUT2D eigenvalue weighted by molar-refractivity contribution is 7.89. The molecule has 5 heteroatoms. The van der Waals surface area contributed by atoms with E-state index in [4.69, 9.17) is 0 Å². The Kier molecular flexibility index (Phi) is 4.21. The zero-order chi connectivity index (χ0) is 11.4. The van der Waals surface area contributed by atoms with E-state index in [1.54, 1.807) is 0 Å². The molecule has 0 amide bonds. The van der Waals surface area contributed by atoms with Crippen molar-refractivity contribution in [2.24, 2.45) is 11.8 Å². The number of sulfonamides is 1. The number of rotatable bonds is 5. The summed E-state index contributed by atoms with van der Waals surface area (Å²) >= 11 is 0. The number of hydrogen-bond donors (Lipinski definition) is 2. The first-order valence-corrected chi connectivity index (χ1v) is 7.99. The van der Waals surface area contributed by atoms with E-state index in [0.717, 1.165) is 25.9 Å². The van der Waals surface area contributed by atoms with Crippen molar-refractivity contribution in [2.45, 2.75) is 32.1 Å². The third-order valence-electron chi connectivity index (χ3n) is 3.73. The van der Waals surface area contributed by atoms with E-state index in [2.05, 4.69) is 10.0 Å². The standard InChI is InChI=1S/C11H22N2O2S/c14-16(15,13-8-10-2-1-3-10)9-11-4-6-12-7-5-11/h10-13H,1-9H2. The molecule has 0 atom stereocenters. The van der Waals surface area contributed by atoms with Gasteiger partial charge in [0.15, 0.2) is 0 Å². The lowest BCUT2D eigenvalue weighted by Gasteiger charge is -2.26. The van der Waals surface area contributed by atoms with Crippen molar-refractivity contribution in [3.05, 3.63) is 0 Å². The molecule has 0 bridgehead atoms. The van der Waals surface area contributed by atoms with E-state index in [0.29, 0.717) is 24.1 Å². The molecule has 0 aromatic carbocycles. The highest BCUT2D eigenvalue weighted by atomic mass is 32.2. The van der Waals surface area contributed by atoms with Crippen LogP contribution in [0.25, 0.3) is 0 Å². The molecule has 1 saturated heterocycles. The fourth-order valence-electron chi connectivity index (χ4n) is 2.36. The van der Waals surface area contributed by atoms with Gasteiger partial charge in [0.1, 0.15) is 0 Å². The van der Waals surface area contributed by atoms with Crippen LogP contribution in [0.4, 0.5) is 0 Å². The van der Waals surface area contributed by atoms with Crippen LogP contribution in [-0.4, -0.2) is 33.8 Å². The lowest BCUT2D eigenvalue weighted by Crippen LogP contribution is -2.38. The van der Waals surface area contributed by atoms with E-state index in [1.165, 1.54) is 19.3 Å². The minimum absolute atomic E-state index is 0.321. The van der Waals surface area contributed by atoms with E-state index in [1.807, 2.05) is 0 Å². The Morgan fingerprint density at radius 3 is 2.31 bits per heavy atom. The van der Waals surface area contributed by atoms with Crippen molar-refractivity contribution in [1.82, 2.24) is 10.0 Å². The maximum Gasteiger partial charge on any atom is 0.211 e. The van der Waals surface area contributed by atoms with Crippen LogP contribution in [0.3, 0.4) is 0 Å². The molecule has 1 aliphatic carbocycles. The minimum Gasteiger partial charge on any atom is -0.317 e. The van der Waals surface area contributed by atoms with Crippen LogP contribution in [0.15, 0.2) is 0 Å². The summed E-state index contributed by atoms with van der Waals surface area (Å²) < 4.78 is 26.4. The number of piperidine rings is 1. The molecule has 1 saturated carbocycles. The fourth-order valence-corrected chi connectivity index (χ4v) is 3.92. The second-order valence-corrected chi connectivity index (χ2v) is 6.97. The van der Waals surface area contributed by atoms with Crippen LogP contribution in [-0.2, 0) is 10.0 Å². The Morgan fingerprint density at radius 2 is 1.75 bits per heavy atom. The lowest BCUT2D eigenvalue weighted by molar-refractivity contribution is 0.315. The van der Waals surface area contributed by atoms with Gasteiger partial charge in [-0.05, 0) is 50.6 Å². The summed E-state index contributed by atoms with van der Waals surface area (Å²) in [7, 11) is -3.03. The first-order chi connectivity index (χ1) is 7.66. The van der Waals surface area contributed by atoms with Gasteiger partial charge in [0, 0.05) is 6.54 Å². The van der Waals surface area contributed by atoms with E-state index in [9.17, 15) is 8.42 Å². The second-order valence-electron chi connectivity index (χ2n) is 5.12. The molecular weight excluding hydrogens is 224 g/mol. The van der Waals surface area contributed by atoms with Crippen LogP contribution >= 0.6 is 0 Å². The Hall–Kier alpha value is -0.130. The smallest absolute Gasteiger partial charge is 0.211 e. The van der Waals surface area contributed by atoms with Crippen molar-refractivity contribution < 1.29 is 8.42 Å². The van der Waals surface area contributed by atoms with Gasteiger partial charge in [0.25, 0.3) is 0 Å². The Labute approximate surface area is 98.2 Å². The van der Waals surface area contributed by atoms with E-state index < -0.39 is 10.0 Å². The highest BCUT2D eigenvalue weighted by Gasteiger charge is 2.23. The van der Waals surface area contributed by atoms with Gasteiger partial charge in [0.05, 0.1) is 5.75 Å². The van der Waals surface area contributed by atoms with Crippen LogP contribution in [0, 0.1) is 11.8 Å². The van der Waals surface area contributed by atoms with Crippen LogP contribution < -0.4 is 10.0 Å². The molecule has 94 valence electrons. The van der Waals surface area contributed by atoms with Crippen LogP contribution in [0.2, 0.25) is 0 Å². The predicted molar refractivity (Wildman–Crippen MR) is 64.7 cm³/mol. The highest BCUT2D eigenvalue weighted by Crippen LogP contribution is 2.25. The van der Waals surface area contributed by atoms with E-state index in [-0.39, 0.29) is 0 Å². The van der Waals surface area contributed by atoms with Crippen molar-refractivity contribution >= 4 is 10.0 Å². The molecule has 0 aromatic rings. The van der Waals surface area contributed by atoms with E-state index >= 15 is 0 Å². The van der Waals surface area contributed by atoms with Crippen LogP contribution in [0.5, 0.6) is 0 Å². The SMILES string of the molecule is O=S(=O)(CC1CCNCC1)NCC1CCC1. The normalized spacial score (nSPS) is 24.2.